The number of nitrogens with two attached hydrogens (primary N) is 1. The first-order chi connectivity index (χ1) is 8.60. The Morgan fingerprint density at radius 1 is 1.67 bits per heavy atom. The lowest BCUT2D eigenvalue weighted by atomic mass is 10.2. The highest BCUT2D eigenvalue weighted by Gasteiger charge is 2.14. The standard InChI is InChI=1S/C11H18N4O3/c1-15(6-8(16)7-18-2)10-5-13-4-3-9(10)11(12)14-17/h3-5,8,16-17H,6-7H2,1-2H3,(H2,12,14). The number of nitrogens with zero attached hydrogens (tertiary/aromatic N) is 3. The first-order valence-corrected chi connectivity index (χ1v) is 5.40. The largest absolute Gasteiger partial charge is 0.409 e. The van der Waals surface area contributed by atoms with E-state index in [0.717, 1.165) is 0 Å². The fraction of sp³-hybridized carbons (Fsp3) is 0.455. The highest BCUT2D eigenvalue weighted by atomic mass is 16.5. The summed E-state index contributed by atoms with van der Waals surface area (Å²) in [6, 6.07) is 1.64. The summed E-state index contributed by atoms with van der Waals surface area (Å²) < 4.78 is 4.86. The van der Waals surface area contributed by atoms with Crippen molar-refractivity contribution in [2.24, 2.45) is 10.9 Å². The molecule has 100 valence electrons. The molecule has 0 aliphatic heterocycles. The van der Waals surface area contributed by atoms with Gasteiger partial charge in [0.1, 0.15) is 0 Å². The van der Waals surface area contributed by atoms with Crippen molar-refractivity contribution in [3.8, 4) is 0 Å². The van der Waals surface area contributed by atoms with E-state index in [9.17, 15) is 5.11 Å². The Labute approximate surface area is 105 Å². The fourth-order valence-electron chi connectivity index (χ4n) is 1.62. The number of hydrogen-bond donors (Lipinski definition) is 3. The molecule has 0 spiro atoms. The van der Waals surface area contributed by atoms with Crippen molar-refractivity contribution in [2.75, 3.05) is 32.2 Å². The number of aliphatic hydroxyl groups excluding tert-OH is 1. The number of pyridine rings is 1. The summed E-state index contributed by atoms with van der Waals surface area (Å²) in [4.78, 5) is 5.76. The van der Waals surface area contributed by atoms with Crippen LogP contribution in [-0.4, -0.2) is 54.5 Å². The molecule has 0 saturated heterocycles. The molecular formula is C11H18N4O3. The van der Waals surface area contributed by atoms with E-state index in [1.165, 1.54) is 7.11 Å². The molecule has 4 N–H and O–H groups in total. The number of aromatic nitrogens is 1. The van der Waals surface area contributed by atoms with E-state index < -0.39 is 6.10 Å². The highest BCUT2D eigenvalue weighted by molar-refractivity contribution is 6.01. The number of likely N-dealkylation sites (N-methyl/N-ethyl adjacent to an activating group) is 1. The van der Waals surface area contributed by atoms with Crippen molar-refractivity contribution in [3.05, 3.63) is 24.0 Å². The fourth-order valence-corrected chi connectivity index (χ4v) is 1.62. The normalized spacial score (nSPS) is 13.4. The van der Waals surface area contributed by atoms with E-state index in [1.807, 2.05) is 0 Å². The van der Waals surface area contributed by atoms with E-state index in [4.69, 9.17) is 15.7 Å². The second-order valence-electron chi connectivity index (χ2n) is 3.87. The monoisotopic (exact) mass is 254 g/mol. The van der Waals surface area contributed by atoms with Gasteiger partial charge in [-0.1, -0.05) is 5.16 Å². The zero-order valence-electron chi connectivity index (χ0n) is 10.4. The first kappa shape index (κ1) is 14.2. The summed E-state index contributed by atoms with van der Waals surface area (Å²) in [5.74, 6) is 0.000446. The van der Waals surface area contributed by atoms with Gasteiger partial charge in [-0.15, -0.1) is 0 Å². The summed E-state index contributed by atoms with van der Waals surface area (Å²) in [6.45, 7) is 0.592. The minimum absolute atomic E-state index is 0.000446. The maximum absolute atomic E-state index is 9.67. The van der Waals surface area contributed by atoms with Gasteiger partial charge in [0.2, 0.25) is 0 Å². The van der Waals surface area contributed by atoms with E-state index >= 15 is 0 Å². The molecule has 1 aromatic rings. The average molecular weight is 254 g/mol. The Balaban J connectivity index is 2.88. The molecule has 0 aromatic carbocycles. The number of oxime groups is 1. The van der Waals surface area contributed by atoms with Crippen molar-refractivity contribution in [1.82, 2.24) is 4.98 Å². The molecule has 1 heterocycles. The zero-order valence-corrected chi connectivity index (χ0v) is 10.4. The Hall–Kier alpha value is -1.86. The van der Waals surface area contributed by atoms with Crippen molar-refractivity contribution < 1.29 is 15.1 Å². The number of ether oxygens (including phenoxy) is 1. The van der Waals surface area contributed by atoms with Crippen LogP contribution in [-0.2, 0) is 4.74 Å². The quantitative estimate of drug-likeness (QED) is 0.277. The van der Waals surface area contributed by atoms with Crippen molar-refractivity contribution in [3.63, 3.8) is 0 Å². The molecule has 0 radical (unpaired) electrons. The van der Waals surface area contributed by atoms with Crippen LogP contribution in [0.15, 0.2) is 23.6 Å². The van der Waals surface area contributed by atoms with Crippen molar-refractivity contribution in [2.45, 2.75) is 6.10 Å². The van der Waals surface area contributed by atoms with Crippen LogP contribution in [0.3, 0.4) is 0 Å². The van der Waals surface area contributed by atoms with Crippen LogP contribution in [0.1, 0.15) is 5.56 Å². The topological polar surface area (TPSA) is 104 Å². The molecule has 18 heavy (non-hydrogen) atoms. The van der Waals surface area contributed by atoms with Gasteiger partial charge < -0.3 is 25.7 Å². The van der Waals surface area contributed by atoms with Crippen LogP contribution in [0.4, 0.5) is 5.69 Å². The number of anilines is 1. The summed E-state index contributed by atoms with van der Waals surface area (Å²) in [6.07, 6.45) is 2.52. The second-order valence-corrected chi connectivity index (χ2v) is 3.87. The minimum Gasteiger partial charge on any atom is -0.409 e. The number of aliphatic hydroxyl groups is 1. The average Bonchev–Trinajstić information content (AvgIpc) is 2.38. The Bertz CT molecular complexity index is 411. The van der Waals surface area contributed by atoms with E-state index in [0.29, 0.717) is 17.8 Å². The van der Waals surface area contributed by atoms with Gasteiger partial charge in [-0.2, -0.15) is 0 Å². The summed E-state index contributed by atoms with van der Waals surface area (Å²) in [5, 5.41) is 21.4. The van der Waals surface area contributed by atoms with Crippen LogP contribution in [0, 0.1) is 0 Å². The van der Waals surface area contributed by atoms with E-state index in [-0.39, 0.29) is 12.4 Å². The van der Waals surface area contributed by atoms with Crippen LogP contribution >= 0.6 is 0 Å². The summed E-state index contributed by atoms with van der Waals surface area (Å²) in [7, 11) is 3.30. The molecule has 1 aromatic heterocycles. The van der Waals surface area contributed by atoms with Crippen LogP contribution in [0.2, 0.25) is 0 Å². The van der Waals surface area contributed by atoms with Crippen molar-refractivity contribution in [1.29, 1.82) is 0 Å². The van der Waals surface area contributed by atoms with Crippen molar-refractivity contribution >= 4 is 11.5 Å². The van der Waals surface area contributed by atoms with Gasteiger partial charge in [-0.05, 0) is 6.07 Å². The van der Waals surface area contributed by atoms with Gasteiger partial charge in [0, 0.05) is 32.5 Å². The molecule has 0 aliphatic rings. The molecule has 1 unspecified atom stereocenters. The highest BCUT2D eigenvalue weighted by Crippen LogP contribution is 2.17. The number of methoxy groups -OCH3 is 1. The summed E-state index contributed by atoms with van der Waals surface area (Å²) >= 11 is 0. The third-order valence-electron chi connectivity index (χ3n) is 2.44. The van der Waals surface area contributed by atoms with Gasteiger partial charge in [0.15, 0.2) is 5.84 Å². The van der Waals surface area contributed by atoms with Crippen LogP contribution in [0.5, 0.6) is 0 Å². The Morgan fingerprint density at radius 2 is 2.39 bits per heavy atom. The van der Waals surface area contributed by atoms with E-state index in [1.54, 1.807) is 30.4 Å². The molecule has 7 nitrogen and oxygen atoms in total. The lowest BCUT2D eigenvalue weighted by Crippen LogP contribution is -2.33. The third kappa shape index (κ3) is 3.57. The molecule has 0 amide bonds. The Kier molecular flexibility index (Phi) is 5.34. The van der Waals surface area contributed by atoms with Crippen LogP contribution in [0.25, 0.3) is 0 Å². The summed E-state index contributed by atoms with van der Waals surface area (Å²) in [5.41, 5.74) is 6.81. The second kappa shape index (κ2) is 6.77. The Morgan fingerprint density at radius 3 is 3.00 bits per heavy atom. The molecule has 0 fully saturated rings. The van der Waals surface area contributed by atoms with E-state index in [2.05, 4.69) is 10.1 Å². The molecule has 1 atom stereocenters. The molecule has 7 heteroatoms. The predicted molar refractivity (Wildman–Crippen MR) is 67.9 cm³/mol. The molecule has 0 aliphatic carbocycles. The number of amidine groups is 1. The molecular weight excluding hydrogens is 236 g/mol. The van der Waals surface area contributed by atoms with Gasteiger partial charge in [-0.3, -0.25) is 4.98 Å². The third-order valence-corrected chi connectivity index (χ3v) is 2.44. The molecule has 0 bridgehead atoms. The maximum atomic E-state index is 9.67. The lowest BCUT2D eigenvalue weighted by Gasteiger charge is -2.24. The lowest BCUT2D eigenvalue weighted by molar-refractivity contribution is 0.0695. The van der Waals surface area contributed by atoms with Crippen LogP contribution < -0.4 is 10.6 Å². The van der Waals surface area contributed by atoms with Gasteiger partial charge in [0.25, 0.3) is 0 Å². The molecule has 0 saturated carbocycles. The molecule has 1 rings (SSSR count). The predicted octanol–water partition coefficient (Wildman–Crippen LogP) is -0.380. The number of hydrogen-bond acceptors (Lipinski definition) is 6. The maximum Gasteiger partial charge on any atom is 0.172 e. The smallest absolute Gasteiger partial charge is 0.172 e. The van der Waals surface area contributed by atoms with Gasteiger partial charge in [0.05, 0.1) is 24.6 Å². The van der Waals surface area contributed by atoms with Gasteiger partial charge >= 0.3 is 0 Å². The first-order valence-electron chi connectivity index (χ1n) is 5.40. The number of rotatable bonds is 6. The minimum atomic E-state index is -0.625. The van der Waals surface area contributed by atoms with Gasteiger partial charge in [-0.25, -0.2) is 0 Å². The zero-order chi connectivity index (χ0) is 13.5. The SMILES string of the molecule is COCC(O)CN(C)c1cnccc1/C(N)=N/O.